The van der Waals surface area contributed by atoms with Gasteiger partial charge in [0.05, 0.1) is 40.2 Å². The van der Waals surface area contributed by atoms with E-state index in [1.54, 1.807) is 35.0 Å². The number of aromatic nitrogens is 2. The van der Waals surface area contributed by atoms with Gasteiger partial charge < -0.3 is 20.1 Å². The maximum absolute atomic E-state index is 13.9. The molecule has 4 aromatic rings. The first-order valence-corrected chi connectivity index (χ1v) is 19.0. The van der Waals surface area contributed by atoms with Gasteiger partial charge in [0.15, 0.2) is 0 Å². The van der Waals surface area contributed by atoms with Crippen LogP contribution in [-0.4, -0.2) is 57.0 Å². The van der Waals surface area contributed by atoms with Crippen LogP contribution in [0.1, 0.15) is 79.6 Å². The minimum Gasteiger partial charge on any atom is -0.460 e. The molecule has 15 heteroatoms. The van der Waals surface area contributed by atoms with Gasteiger partial charge >= 0.3 is 5.97 Å². The number of hydrogen-bond donors (Lipinski definition) is 2. The van der Waals surface area contributed by atoms with Crippen molar-refractivity contribution in [2.45, 2.75) is 91.0 Å². The molecule has 0 aliphatic carbocycles. The van der Waals surface area contributed by atoms with E-state index in [2.05, 4.69) is 29.1 Å². The smallest absolute Gasteiger partial charge is 0.306 e. The first-order chi connectivity index (χ1) is 24.0. The Morgan fingerprint density at radius 3 is 2.02 bits per heavy atom. The van der Waals surface area contributed by atoms with E-state index in [9.17, 15) is 19.5 Å². The van der Waals surface area contributed by atoms with Crippen LogP contribution in [0, 0.1) is 17.8 Å². The summed E-state index contributed by atoms with van der Waals surface area (Å²) in [5.41, 5.74) is 4.54. The van der Waals surface area contributed by atoms with Crippen LogP contribution in [0.2, 0.25) is 0 Å². The molecule has 0 aliphatic heterocycles. The Labute approximate surface area is 356 Å². The number of benzene rings is 2. The highest BCUT2D eigenvalue weighted by Crippen LogP contribution is 2.25. The Morgan fingerprint density at radius 1 is 0.870 bits per heavy atom. The number of rotatable bonds is 19. The number of esters is 1. The number of carbonyl (C=O) groups excluding carboxylic acids is 3. The van der Waals surface area contributed by atoms with E-state index in [1.165, 1.54) is 11.3 Å². The second-order valence-corrected chi connectivity index (χ2v) is 15.5. The SMILES string of the molecule is CC(C)c1nc(CN(C)C(=O)C[C@H](C(=O)N[C@@H](Cc2ccccc2)C[C@H](O)[C@@H](CC(=O)OCc2cncs2)Cc2ccccc2)C(C)C)cs1.S.S.S.S. The molecule has 0 spiro atoms. The number of nitrogens with zero attached hydrogens (tertiary/aromatic N) is 3. The summed E-state index contributed by atoms with van der Waals surface area (Å²) in [7, 11) is 1.75. The normalized spacial score (nSPS) is 12.8. The lowest BCUT2D eigenvalue weighted by molar-refractivity contribution is -0.147. The van der Waals surface area contributed by atoms with Gasteiger partial charge in [0.2, 0.25) is 11.8 Å². The van der Waals surface area contributed by atoms with Crippen molar-refractivity contribution < 1.29 is 24.2 Å². The number of amides is 2. The fourth-order valence-electron chi connectivity index (χ4n) is 5.85. The van der Waals surface area contributed by atoms with Gasteiger partial charge in [-0.2, -0.15) is 54.0 Å². The van der Waals surface area contributed by atoms with Gasteiger partial charge in [0.1, 0.15) is 6.61 Å². The molecule has 2 aromatic carbocycles. The van der Waals surface area contributed by atoms with Crippen LogP contribution in [0.25, 0.3) is 0 Å². The molecule has 0 fully saturated rings. The number of ether oxygens (including phenoxy) is 1. The summed E-state index contributed by atoms with van der Waals surface area (Å²) < 4.78 is 5.54. The maximum atomic E-state index is 13.9. The average molecular weight is 855 g/mol. The van der Waals surface area contributed by atoms with Crippen molar-refractivity contribution in [3.05, 3.63) is 104 Å². The highest BCUT2D eigenvalue weighted by atomic mass is 32.1. The van der Waals surface area contributed by atoms with Crippen LogP contribution in [0.15, 0.2) is 77.8 Å². The predicted molar refractivity (Wildman–Crippen MR) is 240 cm³/mol. The summed E-state index contributed by atoms with van der Waals surface area (Å²) in [5.74, 6) is -1.54. The van der Waals surface area contributed by atoms with Crippen molar-refractivity contribution in [3.8, 4) is 0 Å². The standard InChI is InChI=1S/C39H50N4O5S2.4H2S/c1-26(2)34(20-36(45)43(5)22-32-24-49-39(42-32)27(3)4)38(47)41-31(17-29-14-10-7-11-15-29)19-35(44)30(16-28-12-8-6-9-13-28)18-37(46)48-23-33-21-40-25-50-33;;;;/h6-15,21,24-27,30-31,34-35,44H,16-20,22-23H2,1-5H3,(H,41,47);4*1H2/t30-,31+,34+,35+;;;;/m1..../s1. The number of aliphatic hydroxyl groups is 1. The summed E-state index contributed by atoms with van der Waals surface area (Å²) in [5, 5.41) is 18.0. The molecule has 0 radical (unpaired) electrons. The molecule has 0 saturated heterocycles. The summed E-state index contributed by atoms with van der Waals surface area (Å²) in [6.45, 7) is 8.60. The number of thiazole rings is 2. The topological polar surface area (TPSA) is 122 Å². The van der Waals surface area contributed by atoms with Gasteiger partial charge in [-0.25, -0.2) is 4.98 Å². The van der Waals surface area contributed by atoms with E-state index >= 15 is 0 Å². The third-order valence-electron chi connectivity index (χ3n) is 8.79. The van der Waals surface area contributed by atoms with E-state index in [-0.39, 0.29) is 97.6 Å². The minimum atomic E-state index is -0.917. The van der Waals surface area contributed by atoms with E-state index in [0.29, 0.717) is 25.3 Å². The fraction of sp³-hybridized carbons (Fsp3) is 0.462. The molecule has 2 amide bonds. The molecule has 0 aliphatic rings. The Hall–Kier alpha value is -2.53. The van der Waals surface area contributed by atoms with Crippen molar-refractivity contribution in [1.29, 1.82) is 0 Å². The van der Waals surface area contributed by atoms with Gasteiger partial charge in [-0.05, 0) is 42.2 Å². The van der Waals surface area contributed by atoms with Crippen molar-refractivity contribution in [2.75, 3.05) is 7.05 Å². The molecule has 2 heterocycles. The van der Waals surface area contributed by atoms with E-state index in [1.807, 2.05) is 79.9 Å². The Morgan fingerprint density at radius 2 is 1.48 bits per heavy atom. The van der Waals surface area contributed by atoms with Crippen LogP contribution in [0.5, 0.6) is 0 Å². The second-order valence-electron chi connectivity index (χ2n) is 13.6. The summed E-state index contributed by atoms with van der Waals surface area (Å²) in [6, 6.07) is 19.1. The zero-order valence-corrected chi connectivity index (χ0v) is 37.3. The highest BCUT2D eigenvalue weighted by Gasteiger charge is 2.31. The Balaban J connectivity index is 0.00000702. The first kappa shape index (κ1) is 51.5. The van der Waals surface area contributed by atoms with Gasteiger partial charge in [-0.3, -0.25) is 19.4 Å². The van der Waals surface area contributed by atoms with Gasteiger partial charge in [0.25, 0.3) is 0 Å². The summed E-state index contributed by atoms with van der Waals surface area (Å²) in [4.78, 5) is 51.5. The monoisotopic (exact) mass is 854 g/mol. The number of nitrogens with one attached hydrogen (secondary N) is 1. The van der Waals surface area contributed by atoms with E-state index < -0.39 is 30.0 Å². The largest absolute Gasteiger partial charge is 0.460 e. The summed E-state index contributed by atoms with van der Waals surface area (Å²) in [6.07, 6.45) is 2.01. The third-order valence-corrected chi connectivity index (χ3v) is 10.7. The lowest BCUT2D eigenvalue weighted by Gasteiger charge is -2.30. The Bertz CT molecular complexity index is 1630. The second kappa shape index (κ2) is 26.3. The van der Waals surface area contributed by atoms with Crippen LogP contribution in [0.3, 0.4) is 0 Å². The molecule has 0 bridgehead atoms. The van der Waals surface area contributed by atoms with Crippen LogP contribution < -0.4 is 5.32 Å². The molecule has 0 saturated carbocycles. The molecule has 300 valence electrons. The molecule has 2 N–H and O–H groups in total. The number of hydrogen-bond acceptors (Lipinski definition) is 9. The average Bonchev–Trinajstić information content (AvgIpc) is 3.79. The minimum absolute atomic E-state index is 0. The fourth-order valence-corrected chi connectivity index (χ4v) is 7.18. The third kappa shape index (κ3) is 17.1. The van der Waals surface area contributed by atoms with Crippen molar-refractivity contribution in [3.63, 3.8) is 0 Å². The lowest BCUT2D eigenvalue weighted by atomic mass is 9.86. The number of carbonyl (C=O) groups is 3. The Kier molecular flexibility index (Phi) is 25.1. The highest BCUT2D eigenvalue weighted by molar-refractivity contribution is 7.59. The molecular weight excluding hydrogens is 797 g/mol. The first-order valence-electron chi connectivity index (χ1n) is 17.3. The van der Waals surface area contributed by atoms with Crippen LogP contribution in [-0.2, 0) is 45.1 Å². The molecule has 0 unspecified atom stereocenters. The van der Waals surface area contributed by atoms with Gasteiger partial charge in [0, 0.05) is 42.9 Å². The maximum Gasteiger partial charge on any atom is 0.306 e. The van der Waals surface area contributed by atoms with Crippen LogP contribution in [0.4, 0.5) is 0 Å². The zero-order chi connectivity index (χ0) is 36.0. The summed E-state index contributed by atoms with van der Waals surface area (Å²) >= 11 is 3.01. The lowest BCUT2D eigenvalue weighted by Crippen LogP contribution is -2.45. The quantitative estimate of drug-likeness (QED) is 0.0953. The van der Waals surface area contributed by atoms with E-state index in [4.69, 9.17) is 4.74 Å². The van der Waals surface area contributed by atoms with E-state index in [0.717, 1.165) is 26.7 Å². The van der Waals surface area contributed by atoms with Gasteiger partial charge in [-0.1, -0.05) is 88.4 Å². The predicted octanol–water partition coefficient (Wildman–Crippen LogP) is 7.27. The molecule has 54 heavy (non-hydrogen) atoms. The zero-order valence-electron chi connectivity index (χ0n) is 31.7. The van der Waals surface area contributed by atoms with Gasteiger partial charge in [-0.15, -0.1) is 22.7 Å². The molecule has 4 rings (SSSR count). The molecule has 9 nitrogen and oxygen atoms in total. The number of aliphatic hydroxyl groups excluding tert-OH is 1. The molecule has 4 atom stereocenters. The van der Waals surface area contributed by atoms with Crippen molar-refractivity contribution in [2.24, 2.45) is 17.8 Å². The molecule has 2 aromatic heterocycles. The van der Waals surface area contributed by atoms with Crippen LogP contribution >= 0.6 is 76.7 Å². The van der Waals surface area contributed by atoms with Crippen molar-refractivity contribution in [1.82, 2.24) is 20.2 Å². The molecular formula is C39H58N4O5S6. The van der Waals surface area contributed by atoms with Crippen molar-refractivity contribution >= 4 is 94.4 Å².